The summed E-state index contributed by atoms with van der Waals surface area (Å²) >= 11 is 0. The number of carbonyl (C=O) groups excluding carboxylic acids is 1. The van der Waals surface area contributed by atoms with E-state index < -0.39 is 0 Å². The predicted octanol–water partition coefficient (Wildman–Crippen LogP) is 2.89. The standard InChI is InChI=1S/C17H21N3O2/c1-12(2)22-16-7-6-14(11-18-16)17(21)20-10-9-19-8-4-5-15(19)13(20)3/h4-8,11-13H,9-10H2,1-3H3/t13-/m1/s1. The quantitative estimate of drug-likeness (QED) is 0.875. The van der Waals surface area contributed by atoms with Crippen molar-refractivity contribution in [2.24, 2.45) is 0 Å². The first-order valence-electron chi connectivity index (χ1n) is 7.65. The van der Waals surface area contributed by atoms with Crippen LogP contribution in [0.5, 0.6) is 5.88 Å². The fourth-order valence-electron chi connectivity index (χ4n) is 2.84. The van der Waals surface area contributed by atoms with Gasteiger partial charge in [0.1, 0.15) is 0 Å². The van der Waals surface area contributed by atoms with E-state index in [1.165, 1.54) is 5.69 Å². The number of aromatic nitrogens is 2. The zero-order valence-corrected chi connectivity index (χ0v) is 13.2. The van der Waals surface area contributed by atoms with Crippen molar-refractivity contribution in [3.63, 3.8) is 0 Å². The van der Waals surface area contributed by atoms with E-state index in [1.807, 2.05) is 24.8 Å². The summed E-state index contributed by atoms with van der Waals surface area (Å²) in [6.45, 7) is 7.51. The second-order valence-corrected chi connectivity index (χ2v) is 5.85. The minimum Gasteiger partial charge on any atom is -0.475 e. The molecule has 2 aromatic rings. The number of fused-ring (bicyclic) bond motifs is 1. The Bertz CT molecular complexity index is 661. The van der Waals surface area contributed by atoms with E-state index in [4.69, 9.17) is 4.74 Å². The SMILES string of the molecule is CC(C)Oc1ccc(C(=O)N2CCn3cccc3[C@H]2C)cn1. The minimum atomic E-state index is 0.0172. The Morgan fingerprint density at radius 2 is 2.14 bits per heavy atom. The molecule has 5 heteroatoms. The number of carbonyl (C=O) groups is 1. The summed E-state index contributed by atoms with van der Waals surface area (Å²) in [5.41, 5.74) is 1.77. The summed E-state index contributed by atoms with van der Waals surface area (Å²) in [5.74, 6) is 0.565. The van der Waals surface area contributed by atoms with Crippen LogP contribution in [-0.2, 0) is 6.54 Å². The molecule has 1 aliphatic rings. The van der Waals surface area contributed by atoms with Gasteiger partial charge in [0.05, 0.1) is 17.7 Å². The van der Waals surface area contributed by atoms with Crippen LogP contribution in [0.2, 0.25) is 0 Å². The average molecular weight is 299 g/mol. The molecule has 5 nitrogen and oxygen atoms in total. The fourth-order valence-corrected chi connectivity index (χ4v) is 2.84. The zero-order valence-electron chi connectivity index (χ0n) is 13.2. The van der Waals surface area contributed by atoms with Crippen molar-refractivity contribution >= 4 is 5.91 Å². The van der Waals surface area contributed by atoms with Crippen molar-refractivity contribution in [3.8, 4) is 5.88 Å². The molecule has 2 aromatic heterocycles. The third-order valence-electron chi connectivity index (χ3n) is 3.94. The van der Waals surface area contributed by atoms with Gasteiger partial charge >= 0.3 is 0 Å². The molecule has 1 aliphatic heterocycles. The van der Waals surface area contributed by atoms with Gasteiger partial charge in [0.2, 0.25) is 5.88 Å². The fraction of sp³-hybridized carbons (Fsp3) is 0.412. The molecular weight excluding hydrogens is 278 g/mol. The van der Waals surface area contributed by atoms with E-state index in [9.17, 15) is 4.79 Å². The largest absolute Gasteiger partial charge is 0.475 e. The van der Waals surface area contributed by atoms with Crippen LogP contribution in [-0.4, -0.2) is 33.0 Å². The van der Waals surface area contributed by atoms with Gasteiger partial charge in [0, 0.05) is 37.2 Å². The molecule has 0 aliphatic carbocycles. The van der Waals surface area contributed by atoms with Gasteiger partial charge in [-0.2, -0.15) is 0 Å². The Kier molecular flexibility index (Phi) is 3.88. The van der Waals surface area contributed by atoms with Gasteiger partial charge in [-0.05, 0) is 39.0 Å². The molecule has 0 unspecified atom stereocenters. The summed E-state index contributed by atoms with van der Waals surface area (Å²) in [6.07, 6.45) is 3.73. The third kappa shape index (κ3) is 2.71. The van der Waals surface area contributed by atoms with Gasteiger partial charge in [0.15, 0.2) is 0 Å². The second kappa shape index (κ2) is 5.83. The number of rotatable bonds is 3. The topological polar surface area (TPSA) is 47.4 Å². The van der Waals surface area contributed by atoms with Crippen LogP contribution in [0.1, 0.15) is 42.9 Å². The van der Waals surface area contributed by atoms with E-state index in [1.54, 1.807) is 18.3 Å². The first-order valence-corrected chi connectivity index (χ1v) is 7.65. The number of nitrogens with zero attached hydrogens (tertiary/aromatic N) is 3. The number of amides is 1. The van der Waals surface area contributed by atoms with Crippen LogP contribution in [0.15, 0.2) is 36.7 Å². The average Bonchev–Trinajstić information content (AvgIpc) is 2.96. The lowest BCUT2D eigenvalue weighted by Gasteiger charge is -2.35. The van der Waals surface area contributed by atoms with Gasteiger partial charge in [-0.25, -0.2) is 4.98 Å². The van der Waals surface area contributed by atoms with E-state index in [0.717, 1.165) is 6.54 Å². The number of hydrogen-bond donors (Lipinski definition) is 0. The van der Waals surface area contributed by atoms with Crippen molar-refractivity contribution in [2.45, 2.75) is 39.5 Å². The molecule has 0 radical (unpaired) electrons. The minimum absolute atomic E-state index is 0.0172. The molecule has 0 fully saturated rings. The van der Waals surface area contributed by atoms with E-state index in [2.05, 4.69) is 28.7 Å². The Balaban J connectivity index is 1.77. The molecule has 0 bridgehead atoms. The molecule has 0 spiro atoms. The highest BCUT2D eigenvalue weighted by Gasteiger charge is 2.28. The maximum atomic E-state index is 12.7. The van der Waals surface area contributed by atoms with Gasteiger partial charge in [-0.15, -0.1) is 0 Å². The van der Waals surface area contributed by atoms with E-state index in [0.29, 0.717) is 18.0 Å². The van der Waals surface area contributed by atoms with Crippen molar-refractivity contribution in [1.29, 1.82) is 0 Å². The maximum Gasteiger partial charge on any atom is 0.256 e. The third-order valence-corrected chi connectivity index (χ3v) is 3.94. The van der Waals surface area contributed by atoms with Crippen LogP contribution in [0.25, 0.3) is 0 Å². The van der Waals surface area contributed by atoms with Crippen molar-refractivity contribution < 1.29 is 9.53 Å². The lowest BCUT2D eigenvalue weighted by atomic mass is 10.1. The summed E-state index contributed by atoms with van der Waals surface area (Å²) in [4.78, 5) is 18.8. The molecule has 3 rings (SSSR count). The number of ether oxygens (including phenoxy) is 1. The maximum absolute atomic E-state index is 12.7. The van der Waals surface area contributed by atoms with Crippen molar-refractivity contribution in [3.05, 3.63) is 47.9 Å². The molecule has 0 aromatic carbocycles. The predicted molar refractivity (Wildman–Crippen MR) is 83.9 cm³/mol. The summed E-state index contributed by atoms with van der Waals surface area (Å²) in [5, 5.41) is 0. The molecule has 116 valence electrons. The lowest BCUT2D eigenvalue weighted by molar-refractivity contribution is 0.0643. The second-order valence-electron chi connectivity index (χ2n) is 5.85. The van der Waals surface area contributed by atoms with Gasteiger partial charge in [-0.3, -0.25) is 4.79 Å². The lowest BCUT2D eigenvalue weighted by Crippen LogP contribution is -2.40. The van der Waals surface area contributed by atoms with Gasteiger partial charge < -0.3 is 14.2 Å². The molecule has 3 heterocycles. The molecule has 0 saturated carbocycles. The van der Waals surface area contributed by atoms with Crippen LogP contribution in [0.4, 0.5) is 0 Å². The Morgan fingerprint density at radius 1 is 1.32 bits per heavy atom. The highest BCUT2D eigenvalue weighted by atomic mass is 16.5. The molecule has 1 atom stereocenters. The molecular formula is C17H21N3O2. The highest BCUT2D eigenvalue weighted by molar-refractivity contribution is 5.94. The summed E-state index contributed by atoms with van der Waals surface area (Å²) in [6, 6.07) is 7.71. The first-order chi connectivity index (χ1) is 10.6. The van der Waals surface area contributed by atoms with Crippen molar-refractivity contribution in [2.75, 3.05) is 6.54 Å². The Morgan fingerprint density at radius 3 is 2.82 bits per heavy atom. The van der Waals surface area contributed by atoms with Crippen LogP contribution >= 0.6 is 0 Å². The van der Waals surface area contributed by atoms with Crippen molar-refractivity contribution in [1.82, 2.24) is 14.5 Å². The van der Waals surface area contributed by atoms with Crippen LogP contribution in [0, 0.1) is 0 Å². The Hall–Kier alpha value is -2.30. The highest BCUT2D eigenvalue weighted by Crippen LogP contribution is 2.27. The Labute approximate surface area is 130 Å². The van der Waals surface area contributed by atoms with E-state index >= 15 is 0 Å². The summed E-state index contributed by atoms with van der Waals surface area (Å²) in [7, 11) is 0. The number of hydrogen-bond acceptors (Lipinski definition) is 3. The monoisotopic (exact) mass is 299 g/mol. The molecule has 0 saturated heterocycles. The molecule has 1 amide bonds. The van der Waals surface area contributed by atoms with Crippen LogP contribution < -0.4 is 4.74 Å². The van der Waals surface area contributed by atoms with E-state index in [-0.39, 0.29) is 18.1 Å². The zero-order chi connectivity index (χ0) is 15.7. The summed E-state index contributed by atoms with van der Waals surface area (Å²) < 4.78 is 7.71. The normalized spacial score (nSPS) is 17.5. The molecule has 22 heavy (non-hydrogen) atoms. The first kappa shape index (κ1) is 14.6. The van der Waals surface area contributed by atoms with Gasteiger partial charge in [-0.1, -0.05) is 0 Å². The van der Waals surface area contributed by atoms with Gasteiger partial charge in [0.25, 0.3) is 5.91 Å². The smallest absolute Gasteiger partial charge is 0.256 e. The molecule has 0 N–H and O–H groups in total. The van der Waals surface area contributed by atoms with Crippen LogP contribution in [0.3, 0.4) is 0 Å². The number of pyridine rings is 1.